The topological polar surface area (TPSA) is 68.5 Å². The third-order valence-corrected chi connectivity index (χ3v) is 3.75. The molecule has 0 aliphatic carbocycles. The van der Waals surface area contributed by atoms with Gasteiger partial charge < -0.3 is 14.5 Å². The van der Waals surface area contributed by atoms with Gasteiger partial charge in [0.25, 0.3) is 5.91 Å². The van der Waals surface area contributed by atoms with Crippen LogP contribution < -0.4 is 15.5 Å². The number of carbonyl (C=O) groups is 1. The third kappa shape index (κ3) is 3.12. The number of amides is 1. The van der Waals surface area contributed by atoms with Crippen molar-refractivity contribution in [3.8, 4) is 5.75 Å². The van der Waals surface area contributed by atoms with Crippen LogP contribution in [0.1, 0.15) is 16.1 Å². The van der Waals surface area contributed by atoms with Gasteiger partial charge in [-0.15, -0.1) is 0 Å². The summed E-state index contributed by atoms with van der Waals surface area (Å²) in [4.78, 5) is 24.6. The molecule has 5 nitrogen and oxygen atoms in total. The second-order valence-corrected chi connectivity index (χ2v) is 5.71. The fourth-order valence-electron chi connectivity index (χ4n) is 2.34. The van der Waals surface area contributed by atoms with E-state index in [-0.39, 0.29) is 11.2 Å². The lowest BCUT2D eigenvalue weighted by atomic mass is 10.1. The van der Waals surface area contributed by atoms with E-state index in [0.717, 1.165) is 5.56 Å². The van der Waals surface area contributed by atoms with Crippen molar-refractivity contribution >= 4 is 34.2 Å². The molecule has 0 spiro atoms. The molecule has 0 atom stereocenters. The highest BCUT2D eigenvalue weighted by Gasteiger charge is 2.15. The molecule has 0 radical (unpaired) electrons. The van der Waals surface area contributed by atoms with Crippen molar-refractivity contribution in [2.45, 2.75) is 6.92 Å². The molecule has 0 unspecified atom stereocenters. The van der Waals surface area contributed by atoms with Crippen LogP contribution in [-0.4, -0.2) is 13.0 Å². The number of hydrogen-bond donors (Lipinski definition) is 1. The van der Waals surface area contributed by atoms with E-state index < -0.39 is 5.91 Å². The Bertz CT molecular complexity index is 994. The van der Waals surface area contributed by atoms with Crippen LogP contribution in [0.25, 0.3) is 11.0 Å². The minimum Gasteiger partial charge on any atom is -0.495 e. The number of fused-ring (bicyclic) bond motifs is 1. The van der Waals surface area contributed by atoms with Gasteiger partial charge in [-0.2, -0.15) is 0 Å². The Morgan fingerprint density at radius 1 is 1.17 bits per heavy atom. The van der Waals surface area contributed by atoms with Gasteiger partial charge in [0.05, 0.1) is 18.2 Å². The summed E-state index contributed by atoms with van der Waals surface area (Å²) in [6.07, 6.45) is 0. The van der Waals surface area contributed by atoms with Gasteiger partial charge in [-0.3, -0.25) is 9.59 Å². The first-order valence-electron chi connectivity index (χ1n) is 7.17. The van der Waals surface area contributed by atoms with Crippen molar-refractivity contribution in [1.82, 2.24) is 0 Å². The average Bonchev–Trinajstić information content (AvgIpc) is 2.55. The zero-order chi connectivity index (χ0) is 17.3. The predicted octanol–water partition coefficient (Wildman–Crippen LogP) is 4.02. The third-order valence-electron chi connectivity index (χ3n) is 3.52. The lowest BCUT2D eigenvalue weighted by molar-refractivity contribution is 0.0997. The monoisotopic (exact) mass is 343 g/mol. The number of aryl methyl sites for hydroxylation is 1. The highest BCUT2D eigenvalue weighted by molar-refractivity contribution is 6.31. The molecule has 24 heavy (non-hydrogen) atoms. The smallest absolute Gasteiger partial charge is 0.291 e. The minimum atomic E-state index is -0.560. The molecular formula is C18H14ClNO4. The fraction of sp³-hybridized carbons (Fsp3) is 0.111. The van der Waals surface area contributed by atoms with Gasteiger partial charge in [-0.25, -0.2) is 0 Å². The molecule has 1 aromatic heterocycles. The molecule has 1 amide bonds. The Morgan fingerprint density at radius 3 is 2.71 bits per heavy atom. The second-order valence-electron chi connectivity index (χ2n) is 5.27. The van der Waals surface area contributed by atoms with Gasteiger partial charge >= 0.3 is 0 Å². The van der Waals surface area contributed by atoms with Crippen LogP contribution in [0.2, 0.25) is 5.02 Å². The number of benzene rings is 2. The quantitative estimate of drug-likeness (QED) is 0.780. The maximum atomic E-state index is 12.4. The number of carbonyl (C=O) groups excluding carboxylic acids is 1. The molecule has 0 saturated carbocycles. The second kappa shape index (κ2) is 6.37. The SMILES string of the molecule is COc1ccc(Cl)cc1NC(=O)c1cc(=O)c2cc(C)ccc2o1. The van der Waals surface area contributed by atoms with Crippen LogP contribution in [0.4, 0.5) is 5.69 Å². The molecule has 3 rings (SSSR count). The Balaban J connectivity index is 1.99. The molecule has 2 aromatic carbocycles. The van der Waals surface area contributed by atoms with Gasteiger partial charge in [0, 0.05) is 11.1 Å². The summed E-state index contributed by atoms with van der Waals surface area (Å²) in [7, 11) is 1.48. The molecule has 0 saturated heterocycles. The first-order chi connectivity index (χ1) is 11.5. The summed E-state index contributed by atoms with van der Waals surface area (Å²) >= 11 is 5.94. The zero-order valence-electron chi connectivity index (χ0n) is 13.1. The lowest BCUT2D eigenvalue weighted by Crippen LogP contribution is -2.15. The van der Waals surface area contributed by atoms with E-state index in [4.69, 9.17) is 20.8 Å². The normalized spacial score (nSPS) is 10.6. The summed E-state index contributed by atoms with van der Waals surface area (Å²) < 4.78 is 10.7. The van der Waals surface area contributed by atoms with E-state index >= 15 is 0 Å². The number of nitrogens with one attached hydrogen (secondary N) is 1. The summed E-state index contributed by atoms with van der Waals surface area (Å²) in [5, 5.41) is 3.52. The Morgan fingerprint density at radius 2 is 1.96 bits per heavy atom. The van der Waals surface area contributed by atoms with Crippen molar-refractivity contribution in [2.24, 2.45) is 0 Å². The molecule has 0 aliphatic heterocycles. The van der Waals surface area contributed by atoms with E-state index in [2.05, 4.69) is 5.32 Å². The number of hydrogen-bond acceptors (Lipinski definition) is 4. The van der Waals surface area contributed by atoms with Crippen LogP contribution in [0.5, 0.6) is 5.75 Å². The van der Waals surface area contributed by atoms with Crippen molar-refractivity contribution in [1.29, 1.82) is 0 Å². The number of anilines is 1. The maximum Gasteiger partial charge on any atom is 0.291 e. The van der Waals surface area contributed by atoms with Gasteiger partial charge in [-0.1, -0.05) is 23.2 Å². The standard InChI is InChI=1S/C18H14ClNO4/c1-10-3-5-15-12(7-10)14(21)9-17(24-15)18(22)20-13-8-11(19)4-6-16(13)23-2/h3-9H,1-2H3,(H,20,22). The van der Waals surface area contributed by atoms with E-state index in [1.54, 1.807) is 30.3 Å². The number of rotatable bonds is 3. The first kappa shape index (κ1) is 16.1. The number of halogens is 1. The van der Waals surface area contributed by atoms with Crippen LogP contribution in [0, 0.1) is 6.92 Å². The number of ether oxygens (including phenoxy) is 1. The van der Waals surface area contributed by atoms with Crippen LogP contribution in [-0.2, 0) is 0 Å². The molecule has 0 fully saturated rings. The first-order valence-corrected chi connectivity index (χ1v) is 7.55. The fourth-order valence-corrected chi connectivity index (χ4v) is 2.52. The molecule has 122 valence electrons. The summed E-state index contributed by atoms with van der Waals surface area (Å²) in [5.41, 5.74) is 1.41. The Hall–Kier alpha value is -2.79. The van der Waals surface area contributed by atoms with E-state index in [9.17, 15) is 9.59 Å². The van der Waals surface area contributed by atoms with Crippen molar-refractivity contribution in [3.05, 3.63) is 69.0 Å². The van der Waals surface area contributed by atoms with Crippen LogP contribution in [0.3, 0.4) is 0 Å². The van der Waals surface area contributed by atoms with Gasteiger partial charge in [0.2, 0.25) is 0 Å². The van der Waals surface area contributed by atoms with Crippen molar-refractivity contribution in [2.75, 3.05) is 12.4 Å². The van der Waals surface area contributed by atoms with Gasteiger partial charge in [-0.05, 0) is 37.3 Å². The van der Waals surface area contributed by atoms with Crippen molar-refractivity contribution in [3.63, 3.8) is 0 Å². The molecule has 0 bridgehead atoms. The Kier molecular flexibility index (Phi) is 4.27. The molecule has 1 N–H and O–H groups in total. The van der Waals surface area contributed by atoms with Crippen LogP contribution in [0.15, 0.2) is 51.7 Å². The van der Waals surface area contributed by atoms with E-state index in [0.29, 0.717) is 27.4 Å². The van der Waals surface area contributed by atoms with Crippen LogP contribution >= 0.6 is 11.6 Å². The highest BCUT2D eigenvalue weighted by Crippen LogP contribution is 2.28. The minimum absolute atomic E-state index is 0.0848. The highest BCUT2D eigenvalue weighted by atomic mass is 35.5. The predicted molar refractivity (Wildman–Crippen MR) is 93.2 cm³/mol. The largest absolute Gasteiger partial charge is 0.495 e. The average molecular weight is 344 g/mol. The summed E-state index contributed by atoms with van der Waals surface area (Å²) in [5.74, 6) is -0.194. The van der Waals surface area contributed by atoms with E-state index in [1.165, 1.54) is 13.2 Å². The van der Waals surface area contributed by atoms with Gasteiger partial charge in [0.1, 0.15) is 11.3 Å². The lowest BCUT2D eigenvalue weighted by Gasteiger charge is -2.10. The van der Waals surface area contributed by atoms with E-state index in [1.807, 2.05) is 13.0 Å². The molecule has 6 heteroatoms. The van der Waals surface area contributed by atoms with Gasteiger partial charge in [0.15, 0.2) is 11.2 Å². The molecule has 3 aromatic rings. The summed E-state index contributed by atoms with van der Waals surface area (Å²) in [6, 6.07) is 11.2. The Labute approximate surface area is 142 Å². The summed E-state index contributed by atoms with van der Waals surface area (Å²) in [6.45, 7) is 1.88. The maximum absolute atomic E-state index is 12.4. The number of methoxy groups -OCH3 is 1. The van der Waals surface area contributed by atoms with Crippen molar-refractivity contribution < 1.29 is 13.9 Å². The molecule has 1 heterocycles. The molecular weight excluding hydrogens is 330 g/mol. The zero-order valence-corrected chi connectivity index (χ0v) is 13.8. The molecule has 0 aliphatic rings.